The lowest BCUT2D eigenvalue weighted by atomic mass is 10.2. The highest BCUT2D eigenvalue weighted by Crippen LogP contribution is 2.23. The molecule has 1 fully saturated rings. The van der Waals surface area contributed by atoms with Crippen LogP contribution in [0.1, 0.15) is 43.3 Å². The van der Waals surface area contributed by atoms with E-state index in [0.717, 1.165) is 31.1 Å². The van der Waals surface area contributed by atoms with E-state index < -0.39 is 0 Å². The molecule has 118 valence electrons. The van der Waals surface area contributed by atoms with Crippen molar-refractivity contribution < 1.29 is 0 Å². The summed E-state index contributed by atoms with van der Waals surface area (Å²) in [6.45, 7) is 7.25. The van der Waals surface area contributed by atoms with Crippen molar-refractivity contribution in [1.82, 2.24) is 20.5 Å². The Labute approximate surface area is 135 Å². The third kappa shape index (κ3) is 3.62. The predicted molar refractivity (Wildman–Crippen MR) is 90.3 cm³/mol. The highest BCUT2D eigenvalue weighted by molar-refractivity contribution is 7.09. The number of thiazole rings is 1. The average molecular weight is 317 g/mol. The fraction of sp³-hybridized carbons (Fsp3) is 0.562. The predicted octanol–water partition coefficient (Wildman–Crippen LogP) is 2.82. The number of nitrogens with one attached hydrogen (secondary N) is 1. The largest absolute Gasteiger partial charge is 0.351 e. The van der Waals surface area contributed by atoms with Gasteiger partial charge in [-0.05, 0) is 25.0 Å². The smallest absolute Gasteiger partial charge is 0.151 e. The van der Waals surface area contributed by atoms with Crippen LogP contribution in [0.25, 0.3) is 0 Å². The van der Waals surface area contributed by atoms with Crippen LogP contribution in [0.2, 0.25) is 0 Å². The van der Waals surface area contributed by atoms with Gasteiger partial charge in [-0.15, -0.1) is 16.4 Å². The van der Waals surface area contributed by atoms with Gasteiger partial charge in [-0.2, -0.15) is 5.10 Å². The Morgan fingerprint density at radius 1 is 1.45 bits per heavy atom. The zero-order chi connectivity index (χ0) is 15.4. The Kier molecular flexibility index (Phi) is 5.00. The van der Waals surface area contributed by atoms with Crippen molar-refractivity contribution in [3.63, 3.8) is 0 Å². The molecule has 0 amide bonds. The highest BCUT2D eigenvalue weighted by atomic mass is 32.1. The fourth-order valence-electron chi connectivity index (χ4n) is 2.83. The molecule has 0 radical (unpaired) electrons. The van der Waals surface area contributed by atoms with Gasteiger partial charge in [-0.25, -0.2) is 4.98 Å². The zero-order valence-electron chi connectivity index (χ0n) is 13.2. The Bertz CT molecular complexity index is 583. The maximum absolute atomic E-state index is 4.67. The van der Waals surface area contributed by atoms with Gasteiger partial charge in [-0.3, -0.25) is 0 Å². The average Bonchev–Trinajstić information content (AvgIpc) is 3.17. The van der Waals surface area contributed by atoms with Crippen molar-refractivity contribution >= 4 is 17.2 Å². The topological polar surface area (TPSA) is 53.9 Å². The van der Waals surface area contributed by atoms with Gasteiger partial charge in [-0.1, -0.05) is 13.8 Å². The molecule has 3 heterocycles. The summed E-state index contributed by atoms with van der Waals surface area (Å²) in [6.07, 6.45) is 4.15. The van der Waals surface area contributed by atoms with Gasteiger partial charge < -0.3 is 10.2 Å². The van der Waals surface area contributed by atoms with Crippen molar-refractivity contribution in [2.75, 3.05) is 18.0 Å². The minimum absolute atomic E-state index is 0.500. The first-order chi connectivity index (χ1) is 10.7. The first-order valence-electron chi connectivity index (χ1n) is 7.93. The molecule has 0 aliphatic carbocycles. The fourth-order valence-corrected chi connectivity index (χ4v) is 3.67. The van der Waals surface area contributed by atoms with Crippen molar-refractivity contribution in [2.45, 2.75) is 45.2 Å². The summed E-state index contributed by atoms with van der Waals surface area (Å²) in [4.78, 5) is 7.03. The van der Waals surface area contributed by atoms with Crippen LogP contribution in [0.4, 0.5) is 5.82 Å². The summed E-state index contributed by atoms with van der Waals surface area (Å²) in [7, 11) is 0. The maximum Gasteiger partial charge on any atom is 0.151 e. The Morgan fingerprint density at radius 3 is 3.09 bits per heavy atom. The van der Waals surface area contributed by atoms with Gasteiger partial charge in [0, 0.05) is 43.2 Å². The maximum atomic E-state index is 4.67. The van der Waals surface area contributed by atoms with E-state index in [1.54, 1.807) is 17.5 Å². The Hall–Kier alpha value is -1.53. The van der Waals surface area contributed by atoms with Crippen LogP contribution in [0.5, 0.6) is 0 Å². The Balaban J connectivity index is 1.52. The SMILES string of the molecule is CC(C)c1nc(CNC[C@@H]2CCCN2c2cccnn2)cs1. The van der Waals surface area contributed by atoms with Gasteiger partial charge in [0.15, 0.2) is 5.82 Å². The summed E-state index contributed by atoms with van der Waals surface area (Å²) < 4.78 is 0. The molecule has 3 rings (SSSR count). The second-order valence-electron chi connectivity index (χ2n) is 6.03. The van der Waals surface area contributed by atoms with Crippen LogP contribution in [-0.4, -0.2) is 34.3 Å². The molecule has 0 spiro atoms. The van der Waals surface area contributed by atoms with Gasteiger partial charge in [0.05, 0.1) is 10.7 Å². The highest BCUT2D eigenvalue weighted by Gasteiger charge is 2.25. The first kappa shape index (κ1) is 15.4. The van der Waals surface area contributed by atoms with Gasteiger partial charge >= 0.3 is 0 Å². The lowest BCUT2D eigenvalue weighted by molar-refractivity contribution is 0.565. The molecule has 2 aromatic heterocycles. The van der Waals surface area contributed by atoms with E-state index in [4.69, 9.17) is 0 Å². The molecule has 0 bridgehead atoms. The molecule has 1 saturated heterocycles. The molecule has 2 aromatic rings. The monoisotopic (exact) mass is 317 g/mol. The molecule has 22 heavy (non-hydrogen) atoms. The van der Waals surface area contributed by atoms with E-state index in [1.165, 1.54) is 17.8 Å². The number of hydrogen-bond acceptors (Lipinski definition) is 6. The molecule has 5 nitrogen and oxygen atoms in total. The summed E-state index contributed by atoms with van der Waals surface area (Å²) in [5.41, 5.74) is 1.15. The molecule has 0 aromatic carbocycles. The van der Waals surface area contributed by atoms with Gasteiger partial charge in [0.1, 0.15) is 0 Å². The molecule has 0 saturated carbocycles. The first-order valence-corrected chi connectivity index (χ1v) is 8.81. The quantitative estimate of drug-likeness (QED) is 0.888. The molecule has 1 atom stereocenters. The summed E-state index contributed by atoms with van der Waals surface area (Å²) in [5.74, 6) is 1.50. The van der Waals surface area contributed by atoms with Crippen molar-refractivity contribution in [2.24, 2.45) is 0 Å². The van der Waals surface area contributed by atoms with E-state index in [0.29, 0.717) is 12.0 Å². The number of rotatable bonds is 6. The van der Waals surface area contributed by atoms with E-state index in [9.17, 15) is 0 Å². The van der Waals surface area contributed by atoms with E-state index in [-0.39, 0.29) is 0 Å². The van der Waals surface area contributed by atoms with Crippen LogP contribution < -0.4 is 10.2 Å². The zero-order valence-corrected chi connectivity index (χ0v) is 14.0. The van der Waals surface area contributed by atoms with Crippen molar-refractivity contribution in [1.29, 1.82) is 0 Å². The standard InChI is InChI=1S/C16H23N5S/c1-12(2)16-19-13(11-22-16)9-17-10-14-5-4-8-21(14)15-6-3-7-18-20-15/h3,6-7,11-12,14,17H,4-5,8-10H2,1-2H3/t14-/m0/s1. The molecule has 1 aliphatic rings. The third-order valence-corrected chi connectivity index (χ3v) is 5.17. The van der Waals surface area contributed by atoms with Gasteiger partial charge in [0.2, 0.25) is 0 Å². The Morgan fingerprint density at radius 2 is 2.36 bits per heavy atom. The van der Waals surface area contributed by atoms with Crippen LogP contribution >= 0.6 is 11.3 Å². The lowest BCUT2D eigenvalue weighted by Gasteiger charge is -2.25. The number of aromatic nitrogens is 3. The molecular formula is C16H23N5S. The third-order valence-electron chi connectivity index (χ3n) is 3.98. The second kappa shape index (κ2) is 7.15. The summed E-state index contributed by atoms with van der Waals surface area (Å²) in [6, 6.07) is 4.49. The van der Waals surface area contributed by atoms with Crippen LogP contribution in [0, 0.1) is 0 Å². The van der Waals surface area contributed by atoms with Crippen molar-refractivity contribution in [3.05, 3.63) is 34.4 Å². The number of anilines is 1. The van der Waals surface area contributed by atoms with Gasteiger partial charge in [0.25, 0.3) is 0 Å². The summed E-state index contributed by atoms with van der Waals surface area (Å²) >= 11 is 1.76. The van der Waals surface area contributed by atoms with Crippen molar-refractivity contribution in [3.8, 4) is 0 Å². The molecule has 1 N–H and O–H groups in total. The van der Waals surface area contributed by atoms with E-state index in [1.807, 2.05) is 12.1 Å². The molecule has 1 aliphatic heterocycles. The second-order valence-corrected chi connectivity index (χ2v) is 6.92. The minimum Gasteiger partial charge on any atom is -0.351 e. The minimum atomic E-state index is 0.500. The number of nitrogens with zero attached hydrogens (tertiary/aromatic N) is 4. The van der Waals surface area contributed by atoms with Crippen LogP contribution in [0.15, 0.2) is 23.7 Å². The lowest BCUT2D eigenvalue weighted by Crippen LogP contribution is -2.38. The normalized spacial score (nSPS) is 18.3. The van der Waals surface area contributed by atoms with Crippen LogP contribution in [0.3, 0.4) is 0 Å². The van der Waals surface area contributed by atoms with Crippen LogP contribution in [-0.2, 0) is 6.54 Å². The molecule has 0 unspecified atom stereocenters. The molecular weight excluding hydrogens is 294 g/mol. The van der Waals surface area contributed by atoms with E-state index >= 15 is 0 Å². The molecule has 6 heteroatoms. The van der Waals surface area contributed by atoms with E-state index in [2.05, 4.69) is 44.6 Å². The summed E-state index contributed by atoms with van der Waals surface area (Å²) in [5, 5.41) is 15.2. The number of hydrogen-bond donors (Lipinski definition) is 1.